The standard InChI is InChI=1S/C7H15NO2S.H2/c1-6(2)4-8-7(9)5-11(3)10;/h6H,4-5H2,1-3H3,(H,8,9);1H. The highest BCUT2D eigenvalue weighted by Gasteiger charge is 2.03. The van der Waals surface area contributed by atoms with Crippen molar-refractivity contribution in [2.24, 2.45) is 5.92 Å². The molecule has 0 aromatic carbocycles. The third kappa shape index (κ3) is 7.52. The largest absolute Gasteiger partial charge is 0.355 e. The molecule has 0 aliphatic heterocycles. The van der Waals surface area contributed by atoms with Gasteiger partial charge < -0.3 is 5.32 Å². The smallest absolute Gasteiger partial charge is 0.232 e. The topological polar surface area (TPSA) is 46.2 Å². The lowest BCUT2D eigenvalue weighted by molar-refractivity contribution is -0.118. The van der Waals surface area contributed by atoms with Crippen LogP contribution in [0.4, 0.5) is 0 Å². The number of carbonyl (C=O) groups excluding carboxylic acids is 1. The molecule has 4 heteroatoms. The van der Waals surface area contributed by atoms with Crippen LogP contribution in [-0.2, 0) is 15.6 Å². The first-order chi connectivity index (χ1) is 5.02. The molecule has 3 nitrogen and oxygen atoms in total. The summed E-state index contributed by atoms with van der Waals surface area (Å²) < 4.78 is 10.5. The van der Waals surface area contributed by atoms with E-state index in [2.05, 4.69) is 5.32 Å². The summed E-state index contributed by atoms with van der Waals surface area (Å²) in [5.41, 5.74) is 0. The van der Waals surface area contributed by atoms with Gasteiger partial charge in [0.05, 0.1) is 0 Å². The Morgan fingerprint density at radius 1 is 1.64 bits per heavy atom. The summed E-state index contributed by atoms with van der Waals surface area (Å²) in [6.45, 7) is 4.70. The van der Waals surface area contributed by atoms with Crippen LogP contribution in [0, 0.1) is 5.92 Å². The van der Waals surface area contributed by atoms with E-state index in [1.54, 1.807) is 0 Å². The van der Waals surface area contributed by atoms with Gasteiger partial charge in [-0.25, -0.2) is 0 Å². The van der Waals surface area contributed by atoms with Crippen molar-refractivity contribution in [3.63, 3.8) is 0 Å². The first kappa shape index (κ1) is 10.6. The van der Waals surface area contributed by atoms with Gasteiger partial charge in [0.15, 0.2) is 0 Å². The van der Waals surface area contributed by atoms with Crippen molar-refractivity contribution in [2.45, 2.75) is 13.8 Å². The third-order valence-electron chi connectivity index (χ3n) is 1.04. The van der Waals surface area contributed by atoms with Crippen LogP contribution in [0.3, 0.4) is 0 Å². The quantitative estimate of drug-likeness (QED) is 0.678. The van der Waals surface area contributed by atoms with Crippen LogP contribution >= 0.6 is 0 Å². The summed E-state index contributed by atoms with van der Waals surface area (Å²) in [7, 11) is -1.02. The predicted molar refractivity (Wildman–Crippen MR) is 48.9 cm³/mol. The van der Waals surface area contributed by atoms with Crippen molar-refractivity contribution in [2.75, 3.05) is 18.6 Å². The fourth-order valence-electron chi connectivity index (χ4n) is 0.554. The van der Waals surface area contributed by atoms with Crippen molar-refractivity contribution in [3.05, 3.63) is 0 Å². The second kappa shape index (κ2) is 5.29. The molecule has 0 bridgehead atoms. The summed E-state index contributed by atoms with van der Waals surface area (Å²) >= 11 is 0. The number of hydrogen-bond acceptors (Lipinski definition) is 2. The maximum atomic E-state index is 10.9. The van der Waals surface area contributed by atoms with Crippen LogP contribution in [0.2, 0.25) is 0 Å². The van der Waals surface area contributed by atoms with Crippen LogP contribution in [0.15, 0.2) is 0 Å². The molecule has 0 aromatic rings. The van der Waals surface area contributed by atoms with Crippen molar-refractivity contribution in [1.29, 1.82) is 0 Å². The van der Waals surface area contributed by atoms with E-state index in [1.807, 2.05) is 13.8 Å². The molecule has 0 fully saturated rings. The van der Waals surface area contributed by atoms with E-state index in [0.717, 1.165) is 0 Å². The molecule has 1 N–H and O–H groups in total. The van der Waals surface area contributed by atoms with Gasteiger partial charge in [-0.05, 0) is 5.92 Å². The van der Waals surface area contributed by atoms with Crippen LogP contribution in [0.5, 0.6) is 0 Å². The summed E-state index contributed by atoms with van der Waals surface area (Å²) in [6, 6.07) is 0. The minimum absolute atomic E-state index is 0. The Kier molecular flexibility index (Phi) is 5.11. The number of nitrogens with one attached hydrogen (secondary N) is 1. The number of rotatable bonds is 4. The first-order valence-electron chi connectivity index (χ1n) is 3.59. The van der Waals surface area contributed by atoms with E-state index in [9.17, 15) is 9.00 Å². The van der Waals surface area contributed by atoms with Crippen LogP contribution in [-0.4, -0.2) is 28.7 Å². The van der Waals surface area contributed by atoms with Crippen molar-refractivity contribution in [1.82, 2.24) is 5.32 Å². The maximum absolute atomic E-state index is 10.9. The molecule has 0 aliphatic carbocycles. The molecule has 0 saturated heterocycles. The number of amides is 1. The third-order valence-corrected chi connectivity index (χ3v) is 1.71. The highest BCUT2D eigenvalue weighted by molar-refractivity contribution is 7.85. The Balaban J connectivity index is 0. The lowest BCUT2D eigenvalue weighted by Crippen LogP contribution is -2.30. The maximum Gasteiger partial charge on any atom is 0.232 e. The second-order valence-electron chi connectivity index (χ2n) is 2.92. The first-order valence-corrected chi connectivity index (χ1v) is 5.31. The van der Waals surface area contributed by atoms with Crippen LogP contribution in [0.25, 0.3) is 0 Å². The van der Waals surface area contributed by atoms with E-state index in [4.69, 9.17) is 0 Å². The van der Waals surface area contributed by atoms with Crippen LogP contribution < -0.4 is 5.32 Å². The molecule has 0 heterocycles. The molecule has 1 amide bonds. The van der Waals surface area contributed by atoms with Gasteiger partial charge in [0.25, 0.3) is 0 Å². The Bertz CT molecular complexity index is 161. The molecule has 0 rings (SSSR count). The zero-order valence-electron chi connectivity index (χ0n) is 7.22. The van der Waals surface area contributed by atoms with Crippen molar-refractivity contribution in [3.8, 4) is 0 Å². The van der Waals surface area contributed by atoms with E-state index in [0.29, 0.717) is 12.5 Å². The molecular weight excluding hydrogens is 162 g/mol. The van der Waals surface area contributed by atoms with E-state index >= 15 is 0 Å². The monoisotopic (exact) mass is 179 g/mol. The average molecular weight is 179 g/mol. The van der Waals surface area contributed by atoms with Crippen LogP contribution in [0.1, 0.15) is 15.3 Å². The number of hydrogen-bond donors (Lipinski definition) is 1. The minimum Gasteiger partial charge on any atom is -0.355 e. The fourth-order valence-corrected chi connectivity index (χ4v) is 1.02. The SMILES string of the molecule is CC(C)CNC(=O)CS(C)=O.[HH]. The molecule has 11 heavy (non-hydrogen) atoms. The van der Waals surface area contributed by atoms with Gasteiger partial charge in [-0.15, -0.1) is 0 Å². The summed E-state index contributed by atoms with van der Waals surface area (Å²) in [6.07, 6.45) is 1.52. The molecule has 68 valence electrons. The highest BCUT2D eigenvalue weighted by Crippen LogP contribution is 1.86. The van der Waals surface area contributed by atoms with E-state index < -0.39 is 10.8 Å². The normalized spacial score (nSPS) is 13.1. The molecule has 1 atom stereocenters. The van der Waals surface area contributed by atoms with Gasteiger partial charge in [-0.2, -0.15) is 0 Å². The van der Waals surface area contributed by atoms with Gasteiger partial charge in [0.1, 0.15) is 5.75 Å². The Labute approximate surface area is 71.5 Å². The Morgan fingerprint density at radius 3 is 2.55 bits per heavy atom. The summed E-state index contributed by atoms with van der Waals surface area (Å²) in [5, 5.41) is 2.68. The summed E-state index contributed by atoms with van der Waals surface area (Å²) in [4.78, 5) is 10.9. The van der Waals surface area contributed by atoms with Crippen molar-refractivity contribution >= 4 is 16.7 Å². The second-order valence-corrected chi connectivity index (χ2v) is 4.35. The predicted octanol–water partition coefficient (Wildman–Crippen LogP) is 0.383. The molecule has 1 unspecified atom stereocenters. The molecule has 0 saturated carbocycles. The average Bonchev–Trinajstić information content (AvgIpc) is 1.82. The minimum atomic E-state index is -1.02. The van der Waals surface area contributed by atoms with Gasteiger partial charge in [-0.1, -0.05) is 13.8 Å². The molecule has 0 aliphatic rings. The molecular formula is C7H17NO2S. The zero-order chi connectivity index (χ0) is 8.85. The van der Waals surface area contributed by atoms with E-state index in [-0.39, 0.29) is 13.1 Å². The van der Waals surface area contributed by atoms with Crippen molar-refractivity contribution < 1.29 is 10.4 Å². The lowest BCUT2D eigenvalue weighted by atomic mass is 10.2. The summed E-state index contributed by atoms with van der Waals surface area (Å²) in [5.74, 6) is 0.441. The fraction of sp³-hybridized carbons (Fsp3) is 0.857. The Morgan fingerprint density at radius 2 is 2.18 bits per heavy atom. The van der Waals surface area contributed by atoms with Gasteiger partial charge in [0.2, 0.25) is 5.91 Å². The van der Waals surface area contributed by atoms with Gasteiger partial charge >= 0.3 is 0 Å². The lowest BCUT2D eigenvalue weighted by Gasteiger charge is -2.05. The van der Waals surface area contributed by atoms with Gasteiger partial charge in [0, 0.05) is 25.0 Å². The van der Waals surface area contributed by atoms with Gasteiger partial charge in [-0.3, -0.25) is 9.00 Å². The highest BCUT2D eigenvalue weighted by atomic mass is 32.2. The number of carbonyl (C=O) groups is 1. The zero-order valence-corrected chi connectivity index (χ0v) is 8.03. The Hall–Kier alpha value is -0.380. The molecule has 0 spiro atoms. The van der Waals surface area contributed by atoms with E-state index in [1.165, 1.54) is 6.26 Å². The molecule has 0 aromatic heterocycles. The molecule has 0 radical (unpaired) electrons.